The van der Waals surface area contributed by atoms with Crippen molar-refractivity contribution in [2.75, 3.05) is 14.2 Å². The predicted molar refractivity (Wildman–Crippen MR) is 129 cm³/mol. The van der Waals surface area contributed by atoms with Gasteiger partial charge in [-0.1, -0.05) is 60.7 Å². The summed E-state index contributed by atoms with van der Waals surface area (Å²) in [5.41, 5.74) is 3.56. The third-order valence-corrected chi connectivity index (χ3v) is 5.54. The summed E-state index contributed by atoms with van der Waals surface area (Å²) in [7, 11) is 3.17. The highest BCUT2D eigenvalue weighted by atomic mass is 79.9. The first-order chi connectivity index (χ1) is 15.7. The molecule has 0 radical (unpaired) electrons. The van der Waals surface area contributed by atoms with E-state index < -0.39 is 0 Å². The lowest BCUT2D eigenvalue weighted by molar-refractivity contribution is 0.392. The molecule has 0 atom stereocenters. The van der Waals surface area contributed by atoms with Crippen LogP contribution in [0.25, 0.3) is 22.5 Å². The number of aliphatic imine (C=N–C) groups is 1. The minimum Gasteiger partial charge on any atom is -0.496 e. The van der Waals surface area contributed by atoms with Gasteiger partial charge in [-0.2, -0.15) is 5.26 Å². The molecule has 0 saturated carbocycles. The molecule has 4 aromatic rings. The second-order valence-electron chi connectivity index (χ2n) is 6.82. The van der Waals surface area contributed by atoms with Gasteiger partial charge in [0.15, 0.2) is 0 Å². The van der Waals surface area contributed by atoms with Gasteiger partial charge in [-0.15, -0.1) is 0 Å². The second kappa shape index (κ2) is 9.54. The maximum Gasteiger partial charge on any atom is 0.238 e. The maximum atomic E-state index is 10.00. The molecule has 6 heteroatoms. The van der Waals surface area contributed by atoms with Crippen LogP contribution in [0.4, 0.5) is 5.88 Å². The Balaban J connectivity index is 1.87. The summed E-state index contributed by atoms with van der Waals surface area (Å²) in [6.07, 6.45) is 1.62. The second-order valence-corrected chi connectivity index (χ2v) is 7.67. The zero-order chi connectivity index (χ0) is 22.5. The number of rotatable bonds is 6. The molecule has 0 bridgehead atoms. The van der Waals surface area contributed by atoms with Crippen LogP contribution in [0.3, 0.4) is 0 Å². The lowest BCUT2D eigenvalue weighted by Crippen LogP contribution is -1.94. The van der Waals surface area contributed by atoms with E-state index >= 15 is 0 Å². The standard InChI is InChI=1S/C26H19BrN2O3/c1-30-22-14-23(31-2)21(27)13-19(22)16-29-26-20(15-28)24(17-9-5-3-6-10-17)25(32-26)18-11-7-4-8-12-18/h3-14,16H,1-2H3. The highest BCUT2D eigenvalue weighted by molar-refractivity contribution is 9.10. The van der Waals surface area contributed by atoms with E-state index in [1.54, 1.807) is 26.5 Å². The van der Waals surface area contributed by atoms with E-state index in [0.29, 0.717) is 33.9 Å². The Bertz CT molecular complexity index is 1310. The number of hydrogen-bond acceptors (Lipinski definition) is 5. The van der Waals surface area contributed by atoms with E-state index in [1.165, 1.54) is 0 Å². The van der Waals surface area contributed by atoms with Gasteiger partial charge in [0, 0.05) is 29.0 Å². The molecule has 0 amide bonds. The molecule has 0 saturated heterocycles. The smallest absolute Gasteiger partial charge is 0.238 e. The summed E-state index contributed by atoms with van der Waals surface area (Å²) in [5, 5.41) is 10.00. The summed E-state index contributed by atoms with van der Waals surface area (Å²) in [5.74, 6) is 2.07. The molecule has 1 aromatic heterocycles. The van der Waals surface area contributed by atoms with Crippen LogP contribution < -0.4 is 9.47 Å². The third-order valence-electron chi connectivity index (χ3n) is 4.92. The lowest BCUT2D eigenvalue weighted by Gasteiger charge is -2.09. The first-order valence-electron chi connectivity index (χ1n) is 9.79. The zero-order valence-electron chi connectivity index (χ0n) is 17.5. The SMILES string of the molecule is COc1cc(OC)c(C=Nc2oc(-c3ccccc3)c(-c3ccccc3)c2C#N)cc1Br. The maximum absolute atomic E-state index is 10.00. The van der Waals surface area contributed by atoms with Crippen molar-refractivity contribution in [3.8, 4) is 40.0 Å². The van der Waals surface area contributed by atoms with Gasteiger partial charge in [0.1, 0.15) is 28.9 Å². The first kappa shape index (κ1) is 21.4. The van der Waals surface area contributed by atoms with Crippen LogP contribution in [-0.4, -0.2) is 20.4 Å². The third kappa shape index (κ3) is 4.16. The van der Waals surface area contributed by atoms with Crippen LogP contribution >= 0.6 is 15.9 Å². The van der Waals surface area contributed by atoms with Crippen molar-refractivity contribution in [3.05, 3.63) is 88.4 Å². The molecule has 0 fully saturated rings. The molecule has 3 aromatic carbocycles. The molecular formula is C26H19BrN2O3. The molecule has 1 heterocycles. The van der Waals surface area contributed by atoms with Gasteiger partial charge in [0.2, 0.25) is 5.88 Å². The molecule has 0 aliphatic rings. The molecule has 0 aliphatic carbocycles. The highest BCUT2D eigenvalue weighted by Crippen LogP contribution is 2.42. The molecular weight excluding hydrogens is 468 g/mol. The summed E-state index contributed by atoms with van der Waals surface area (Å²) in [6, 6.07) is 25.3. The quantitative estimate of drug-likeness (QED) is 0.274. The Morgan fingerprint density at radius 3 is 2.12 bits per heavy atom. The average Bonchev–Trinajstić information content (AvgIpc) is 3.22. The van der Waals surface area contributed by atoms with Crippen molar-refractivity contribution in [2.24, 2.45) is 4.99 Å². The monoisotopic (exact) mass is 486 g/mol. The number of halogens is 1. The topological polar surface area (TPSA) is 67.8 Å². The van der Waals surface area contributed by atoms with E-state index in [9.17, 15) is 5.26 Å². The van der Waals surface area contributed by atoms with Gasteiger partial charge >= 0.3 is 0 Å². The van der Waals surface area contributed by atoms with E-state index in [-0.39, 0.29) is 5.88 Å². The molecule has 0 spiro atoms. The van der Waals surface area contributed by atoms with E-state index in [4.69, 9.17) is 13.9 Å². The van der Waals surface area contributed by atoms with Crippen molar-refractivity contribution in [3.63, 3.8) is 0 Å². The number of nitriles is 1. The fourth-order valence-electron chi connectivity index (χ4n) is 3.40. The number of nitrogens with zero attached hydrogens (tertiary/aromatic N) is 2. The molecule has 4 rings (SSSR count). The van der Waals surface area contributed by atoms with E-state index in [0.717, 1.165) is 15.6 Å². The normalized spacial score (nSPS) is 10.8. The average molecular weight is 487 g/mol. The Hall–Kier alpha value is -3.82. The summed E-state index contributed by atoms with van der Waals surface area (Å²) >= 11 is 3.48. The molecule has 0 unspecified atom stereocenters. The summed E-state index contributed by atoms with van der Waals surface area (Å²) < 4.78 is 17.7. The van der Waals surface area contributed by atoms with Crippen molar-refractivity contribution in [2.45, 2.75) is 0 Å². The van der Waals surface area contributed by atoms with Crippen LogP contribution in [0, 0.1) is 11.3 Å². The van der Waals surface area contributed by atoms with Gasteiger partial charge in [-0.05, 0) is 27.6 Å². The predicted octanol–water partition coefficient (Wildman–Crippen LogP) is 7.02. The molecule has 32 heavy (non-hydrogen) atoms. The van der Waals surface area contributed by atoms with E-state index in [1.807, 2.05) is 66.7 Å². The Labute approximate surface area is 194 Å². The minimum absolute atomic E-state index is 0.235. The minimum atomic E-state index is 0.235. The van der Waals surface area contributed by atoms with Crippen molar-refractivity contribution in [1.82, 2.24) is 0 Å². The van der Waals surface area contributed by atoms with Crippen molar-refractivity contribution >= 4 is 28.0 Å². The van der Waals surface area contributed by atoms with Gasteiger partial charge in [-0.3, -0.25) is 0 Å². The number of ether oxygens (including phenoxy) is 2. The molecule has 0 N–H and O–H groups in total. The van der Waals surface area contributed by atoms with Crippen LogP contribution in [-0.2, 0) is 0 Å². The van der Waals surface area contributed by atoms with Gasteiger partial charge in [-0.25, -0.2) is 4.99 Å². The lowest BCUT2D eigenvalue weighted by atomic mass is 9.98. The largest absolute Gasteiger partial charge is 0.496 e. The van der Waals surface area contributed by atoms with Crippen molar-refractivity contribution < 1.29 is 13.9 Å². The number of methoxy groups -OCH3 is 2. The van der Waals surface area contributed by atoms with Crippen LogP contribution in [0.15, 0.2) is 86.7 Å². The van der Waals surface area contributed by atoms with Crippen LogP contribution in [0.2, 0.25) is 0 Å². The number of benzene rings is 3. The fourth-order valence-corrected chi connectivity index (χ4v) is 3.92. The van der Waals surface area contributed by atoms with Crippen LogP contribution in [0.1, 0.15) is 11.1 Å². The van der Waals surface area contributed by atoms with Gasteiger partial charge < -0.3 is 13.9 Å². The molecule has 158 valence electrons. The first-order valence-corrected chi connectivity index (χ1v) is 10.6. The fraction of sp³-hybridized carbons (Fsp3) is 0.0769. The number of hydrogen-bond donors (Lipinski definition) is 0. The Morgan fingerprint density at radius 1 is 0.906 bits per heavy atom. The van der Waals surface area contributed by atoms with Crippen molar-refractivity contribution in [1.29, 1.82) is 5.26 Å². The molecule has 5 nitrogen and oxygen atoms in total. The highest BCUT2D eigenvalue weighted by Gasteiger charge is 2.22. The Kier molecular flexibility index (Phi) is 6.39. The van der Waals surface area contributed by atoms with E-state index in [2.05, 4.69) is 27.0 Å². The van der Waals surface area contributed by atoms with Gasteiger partial charge in [0.05, 0.1) is 18.7 Å². The molecule has 0 aliphatic heterocycles. The summed E-state index contributed by atoms with van der Waals surface area (Å²) in [4.78, 5) is 4.53. The Morgan fingerprint density at radius 2 is 1.53 bits per heavy atom. The number of furan rings is 1. The van der Waals surface area contributed by atoms with Gasteiger partial charge in [0.25, 0.3) is 0 Å². The summed E-state index contributed by atoms with van der Waals surface area (Å²) in [6.45, 7) is 0. The zero-order valence-corrected chi connectivity index (χ0v) is 19.1. The van der Waals surface area contributed by atoms with Crippen LogP contribution in [0.5, 0.6) is 11.5 Å².